The summed E-state index contributed by atoms with van der Waals surface area (Å²) in [5.74, 6) is -2.09. The van der Waals surface area contributed by atoms with Gasteiger partial charge < -0.3 is 5.32 Å². The first-order valence-corrected chi connectivity index (χ1v) is 5.39. The van der Waals surface area contributed by atoms with Crippen molar-refractivity contribution in [1.82, 2.24) is 0 Å². The smallest absolute Gasteiger partial charge is 0.255 e. The summed E-state index contributed by atoms with van der Waals surface area (Å²) in [6.45, 7) is 1.89. The molecule has 0 fully saturated rings. The van der Waals surface area contributed by atoms with Crippen molar-refractivity contribution in [1.29, 1.82) is 0 Å². The van der Waals surface area contributed by atoms with Crippen LogP contribution in [0.1, 0.15) is 15.9 Å². The molecule has 2 aromatic carbocycles. The van der Waals surface area contributed by atoms with Gasteiger partial charge in [0.15, 0.2) is 0 Å². The van der Waals surface area contributed by atoms with Crippen LogP contribution in [0.2, 0.25) is 0 Å². The lowest BCUT2D eigenvalue weighted by molar-refractivity contribution is 0.102. The van der Waals surface area contributed by atoms with E-state index in [0.29, 0.717) is 5.69 Å². The molecule has 0 saturated heterocycles. The Balaban J connectivity index is 2.22. The molecule has 0 spiro atoms. The van der Waals surface area contributed by atoms with Crippen LogP contribution in [-0.4, -0.2) is 5.91 Å². The summed E-state index contributed by atoms with van der Waals surface area (Å²) in [7, 11) is 0. The number of hydrogen-bond donors (Lipinski definition) is 1. The van der Waals surface area contributed by atoms with Crippen molar-refractivity contribution in [2.24, 2.45) is 0 Å². The second-order valence-corrected chi connectivity index (χ2v) is 3.98. The molecule has 2 rings (SSSR count). The van der Waals surface area contributed by atoms with Gasteiger partial charge in [0.2, 0.25) is 0 Å². The zero-order valence-corrected chi connectivity index (χ0v) is 9.71. The first-order chi connectivity index (χ1) is 8.54. The van der Waals surface area contributed by atoms with Crippen molar-refractivity contribution >= 4 is 11.6 Å². The molecule has 0 aliphatic rings. The van der Waals surface area contributed by atoms with Crippen molar-refractivity contribution in [2.75, 3.05) is 5.32 Å². The summed E-state index contributed by atoms with van der Waals surface area (Å²) in [5, 5.41) is 2.58. The average molecular weight is 247 g/mol. The van der Waals surface area contributed by atoms with Gasteiger partial charge in [-0.15, -0.1) is 0 Å². The average Bonchev–Trinajstić information content (AvgIpc) is 2.27. The molecule has 0 unspecified atom stereocenters. The van der Waals surface area contributed by atoms with E-state index in [-0.39, 0.29) is 5.56 Å². The predicted molar refractivity (Wildman–Crippen MR) is 65.5 cm³/mol. The van der Waals surface area contributed by atoms with Crippen LogP contribution in [0.15, 0.2) is 42.5 Å². The molecule has 0 atom stereocenters. The Labute approximate surface area is 103 Å². The number of aryl methyl sites for hydroxylation is 1. The van der Waals surface area contributed by atoms with Gasteiger partial charge >= 0.3 is 0 Å². The quantitative estimate of drug-likeness (QED) is 0.864. The number of hydrogen-bond acceptors (Lipinski definition) is 1. The maximum atomic E-state index is 13.0. The second-order valence-electron chi connectivity index (χ2n) is 3.98. The standard InChI is InChI=1S/C14H11F2NO/c1-9-3-2-4-13(5-9)17-14(18)10-6-11(15)8-12(16)7-10/h2-8H,1H3,(H,17,18). The van der Waals surface area contributed by atoms with Gasteiger partial charge in [-0.3, -0.25) is 4.79 Å². The molecule has 2 aromatic rings. The first-order valence-electron chi connectivity index (χ1n) is 5.39. The molecule has 0 heterocycles. The lowest BCUT2D eigenvalue weighted by Gasteiger charge is -2.06. The molecule has 0 bridgehead atoms. The lowest BCUT2D eigenvalue weighted by atomic mass is 10.2. The zero-order chi connectivity index (χ0) is 13.1. The summed E-state index contributed by atoms with van der Waals surface area (Å²) in [6, 6.07) is 9.87. The summed E-state index contributed by atoms with van der Waals surface area (Å²) in [4.78, 5) is 11.8. The Morgan fingerprint density at radius 1 is 1.06 bits per heavy atom. The monoisotopic (exact) mass is 247 g/mol. The Kier molecular flexibility index (Phi) is 3.37. The maximum absolute atomic E-state index is 13.0. The van der Waals surface area contributed by atoms with Gasteiger partial charge in [-0.05, 0) is 36.8 Å². The van der Waals surface area contributed by atoms with E-state index in [2.05, 4.69) is 5.32 Å². The first kappa shape index (κ1) is 12.2. The lowest BCUT2D eigenvalue weighted by Crippen LogP contribution is -2.12. The highest BCUT2D eigenvalue weighted by Crippen LogP contribution is 2.13. The third-order valence-electron chi connectivity index (χ3n) is 2.40. The molecule has 0 radical (unpaired) electrons. The number of nitrogens with one attached hydrogen (secondary N) is 1. The van der Waals surface area contributed by atoms with Crippen molar-refractivity contribution in [3.05, 3.63) is 65.2 Å². The Morgan fingerprint density at radius 2 is 1.72 bits per heavy atom. The van der Waals surface area contributed by atoms with Gasteiger partial charge in [-0.25, -0.2) is 8.78 Å². The molecule has 18 heavy (non-hydrogen) atoms. The molecule has 0 aromatic heterocycles. The largest absolute Gasteiger partial charge is 0.322 e. The Morgan fingerprint density at radius 3 is 2.33 bits per heavy atom. The minimum atomic E-state index is -0.774. The van der Waals surface area contributed by atoms with Crippen LogP contribution in [0.4, 0.5) is 14.5 Å². The molecule has 2 nitrogen and oxygen atoms in total. The summed E-state index contributed by atoms with van der Waals surface area (Å²) >= 11 is 0. The minimum Gasteiger partial charge on any atom is -0.322 e. The number of benzene rings is 2. The van der Waals surface area contributed by atoms with Crippen LogP contribution in [0.5, 0.6) is 0 Å². The maximum Gasteiger partial charge on any atom is 0.255 e. The van der Waals surface area contributed by atoms with E-state index in [9.17, 15) is 13.6 Å². The second kappa shape index (κ2) is 4.96. The fourth-order valence-electron chi connectivity index (χ4n) is 1.61. The summed E-state index contributed by atoms with van der Waals surface area (Å²) < 4.78 is 25.9. The van der Waals surface area contributed by atoms with Crippen LogP contribution in [0.3, 0.4) is 0 Å². The van der Waals surface area contributed by atoms with Gasteiger partial charge in [0.1, 0.15) is 11.6 Å². The van der Waals surface area contributed by atoms with E-state index < -0.39 is 17.5 Å². The SMILES string of the molecule is Cc1cccc(NC(=O)c2cc(F)cc(F)c2)c1. The van der Waals surface area contributed by atoms with Crippen molar-refractivity contribution in [3.63, 3.8) is 0 Å². The Hall–Kier alpha value is -2.23. The van der Waals surface area contributed by atoms with Crippen LogP contribution < -0.4 is 5.32 Å². The van der Waals surface area contributed by atoms with Gasteiger partial charge in [0.25, 0.3) is 5.91 Å². The highest BCUT2D eigenvalue weighted by atomic mass is 19.1. The van der Waals surface area contributed by atoms with E-state index in [1.165, 1.54) is 0 Å². The Bertz CT molecular complexity index is 576. The molecule has 0 saturated carbocycles. The number of carbonyl (C=O) groups excluding carboxylic acids is 1. The number of rotatable bonds is 2. The molecular formula is C14H11F2NO. The predicted octanol–water partition coefficient (Wildman–Crippen LogP) is 3.53. The van der Waals surface area contributed by atoms with Crippen molar-refractivity contribution in [2.45, 2.75) is 6.92 Å². The van der Waals surface area contributed by atoms with Crippen molar-refractivity contribution < 1.29 is 13.6 Å². The van der Waals surface area contributed by atoms with Crippen LogP contribution in [0.25, 0.3) is 0 Å². The fraction of sp³-hybridized carbons (Fsp3) is 0.0714. The number of carbonyl (C=O) groups is 1. The van der Waals surface area contributed by atoms with Gasteiger partial charge in [-0.1, -0.05) is 12.1 Å². The van der Waals surface area contributed by atoms with E-state index in [1.54, 1.807) is 18.2 Å². The van der Waals surface area contributed by atoms with Gasteiger partial charge in [-0.2, -0.15) is 0 Å². The van der Waals surface area contributed by atoms with Gasteiger partial charge in [0.05, 0.1) is 0 Å². The molecule has 0 aliphatic carbocycles. The molecule has 1 N–H and O–H groups in total. The van der Waals surface area contributed by atoms with E-state index in [4.69, 9.17) is 0 Å². The number of halogens is 2. The molecule has 1 amide bonds. The molecule has 92 valence electrons. The molecular weight excluding hydrogens is 236 g/mol. The summed E-state index contributed by atoms with van der Waals surface area (Å²) in [6.07, 6.45) is 0. The van der Waals surface area contributed by atoms with Crippen LogP contribution in [-0.2, 0) is 0 Å². The van der Waals surface area contributed by atoms with E-state index in [1.807, 2.05) is 13.0 Å². The van der Waals surface area contributed by atoms with Gasteiger partial charge in [0, 0.05) is 17.3 Å². The van der Waals surface area contributed by atoms with Crippen LogP contribution >= 0.6 is 0 Å². The van der Waals surface area contributed by atoms with Crippen LogP contribution in [0, 0.1) is 18.6 Å². The summed E-state index contributed by atoms with van der Waals surface area (Å²) in [5.41, 5.74) is 1.52. The van der Waals surface area contributed by atoms with Crippen molar-refractivity contribution in [3.8, 4) is 0 Å². The zero-order valence-electron chi connectivity index (χ0n) is 9.71. The number of amides is 1. The highest BCUT2D eigenvalue weighted by Gasteiger charge is 2.09. The normalized spacial score (nSPS) is 10.2. The highest BCUT2D eigenvalue weighted by molar-refractivity contribution is 6.04. The minimum absolute atomic E-state index is 0.0472. The third kappa shape index (κ3) is 2.91. The fourth-order valence-corrected chi connectivity index (χ4v) is 1.61. The van der Waals surface area contributed by atoms with E-state index >= 15 is 0 Å². The molecule has 0 aliphatic heterocycles. The van der Waals surface area contributed by atoms with E-state index in [0.717, 1.165) is 23.8 Å². The topological polar surface area (TPSA) is 29.1 Å². The molecule has 4 heteroatoms. The third-order valence-corrected chi connectivity index (χ3v) is 2.40. The number of anilines is 1.